The van der Waals surface area contributed by atoms with Crippen molar-refractivity contribution >= 4 is 24.0 Å². The first-order valence-electron chi connectivity index (χ1n) is 6.48. The largest absolute Gasteiger partial charge is 0.484 e. The first-order valence-corrected chi connectivity index (χ1v) is 6.48. The number of halogens is 1. The van der Waals surface area contributed by atoms with Gasteiger partial charge in [0.05, 0.1) is 11.0 Å². The van der Waals surface area contributed by atoms with E-state index in [9.17, 15) is 14.9 Å². The SMILES string of the molecule is Cl.NCC1CCCN1C(=O)COc1cccc([N+](=O)[O-])c1. The van der Waals surface area contributed by atoms with E-state index in [-0.39, 0.29) is 36.7 Å². The van der Waals surface area contributed by atoms with Gasteiger partial charge in [-0.05, 0) is 18.9 Å². The Bertz CT molecular complexity index is 512. The summed E-state index contributed by atoms with van der Waals surface area (Å²) in [5.74, 6) is 0.181. The average Bonchev–Trinajstić information content (AvgIpc) is 2.93. The number of likely N-dealkylation sites (tertiary alicyclic amines) is 1. The second kappa shape index (κ2) is 7.80. The van der Waals surface area contributed by atoms with Gasteiger partial charge in [-0.15, -0.1) is 12.4 Å². The van der Waals surface area contributed by atoms with Gasteiger partial charge >= 0.3 is 0 Å². The van der Waals surface area contributed by atoms with Crippen molar-refractivity contribution in [3.8, 4) is 5.75 Å². The Balaban J connectivity index is 0.00000220. The number of amides is 1. The summed E-state index contributed by atoms with van der Waals surface area (Å²) in [6, 6.07) is 5.87. The van der Waals surface area contributed by atoms with E-state index in [1.54, 1.807) is 11.0 Å². The number of ether oxygens (including phenoxy) is 1. The third-order valence-corrected chi connectivity index (χ3v) is 3.36. The molecule has 0 spiro atoms. The van der Waals surface area contributed by atoms with Crippen molar-refractivity contribution in [1.82, 2.24) is 4.90 Å². The number of hydrogen-bond donors (Lipinski definition) is 1. The fourth-order valence-corrected chi connectivity index (χ4v) is 2.32. The Morgan fingerprint density at radius 2 is 2.29 bits per heavy atom. The van der Waals surface area contributed by atoms with Crippen LogP contribution in [0.3, 0.4) is 0 Å². The number of rotatable bonds is 5. The van der Waals surface area contributed by atoms with Gasteiger partial charge in [-0.2, -0.15) is 0 Å². The molecule has 0 radical (unpaired) electrons. The topological polar surface area (TPSA) is 98.7 Å². The minimum atomic E-state index is -0.500. The van der Waals surface area contributed by atoms with Crippen LogP contribution in [0.1, 0.15) is 12.8 Å². The van der Waals surface area contributed by atoms with Gasteiger partial charge in [0.15, 0.2) is 6.61 Å². The summed E-state index contributed by atoms with van der Waals surface area (Å²) in [4.78, 5) is 23.9. The number of hydrogen-bond acceptors (Lipinski definition) is 5. The molecule has 1 saturated heterocycles. The zero-order valence-electron chi connectivity index (χ0n) is 11.4. The summed E-state index contributed by atoms with van der Waals surface area (Å²) in [6.07, 6.45) is 1.86. The Morgan fingerprint density at radius 3 is 2.95 bits per heavy atom. The van der Waals surface area contributed by atoms with Gasteiger partial charge in [0.2, 0.25) is 0 Å². The van der Waals surface area contributed by atoms with Crippen LogP contribution in [0, 0.1) is 10.1 Å². The fourth-order valence-electron chi connectivity index (χ4n) is 2.32. The van der Waals surface area contributed by atoms with Crippen LogP contribution in [0.4, 0.5) is 5.69 Å². The lowest BCUT2D eigenvalue weighted by molar-refractivity contribution is -0.384. The van der Waals surface area contributed by atoms with E-state index in [0.717, 1.165) is 12.8 Å². The molecule has 2 N–H and O–H groups in total. The first-order chi connectivity index (χ1) is 9.61. The molecule has 1 aromatic rings. The Morgan fingerprint density at radius 1 is 1.52 bits per heavy atom. The number of nitro groups is 1. The minimum absolute atomic E-state index is 0. The zero-order chi connectivity index (χ0) is 14.5. The standard InChI is InChI=1S/C13H17N3O4.ClH/c14-8-11-4-2-6-15(11)13(17)9-20-12-5-1-3-10(7-12)16(18)19;/h1,3,5,7,11H,2,4,6,8-9,14H2;1H. The van der Waals surface area contributed by atoms with E-state index in [0.29, 0.717) is 18.8 Å². The van der Waals surface area contributed by atoms with E-state index in [2.05, 4.69) is 0 Å². The van der Waals surface area contributed by atoms with Crippen LogP contribution in [0.15, 0.2) is 24.3 Å². The number of benzene rings is 1. The molecule has 0 saturated carbocycles. The lowest BCUT2D eigenvalue weighted by Crippen LogP contribution is -2.42. The summed E-state index contributed by atoms with van der Waals surface area (Å²) >= 11 is 0. The molecule has 116 valence electrons. The summed E-state index contributed by atoms with van der Waals surface area (Å²) in [5, 5.41) is 10.6. The van der Waals surface area contributed by atoms with Crippen molar-refractivity contribution in [3.63, 3.8) is 0 Å². The molecule has 8 heteroatoms. The minimum Gasteiger partial charge on any atom is -0.484 e. The molecule has 2 rings (SSSR count). The third kappa shape index (κ3) is 4.30. The highest BCUT2D eigenvalue weighted by Gasteiger charge is 2.27. The Labute approximate surface area is 128 Å². The number of carbonyl (C=O) groups is 1. The maximum absolute atomic E-state index is 12.0. The van der Waals surface area contributed by atoms with Crippen molar-refractivity contribution in [2.75, 3.05) is 19.7 Å². The quantitative estimate of drug-likeness (QED) is 0.653. The van der Waals surface area contributed by atoms with Gasteiger partial charge < -0.3 is 15.4 Å². The number of nitrogens with zero attached hydrogens (tertiary/aromatic N) is 2. The van der Waals surface area contributed by atoms with E-state index in [1.807, 2.05) is 0 Å². The van der Waals surface area contributed by atoms with Crippen LogP contribution >= 0.6 is 12.4 Å². The van der Waals surface area contributed by atoms with Crippen LogP contribution in [0.25, 0.3) is 0 Å². The number of nitrogens with two attached hydrogens (primary N) is 1. The van der Waals surface area contributed by atoms with Crippen molar-refractivity contribution in [2.45, 2.75) is 18.9 Å². The highest BCUT2D eigenvalue weighted by molar-refractivity contribution is 5.85. The number of non-ortho nitro benzene ring substituents is 1. The molecule has 1 atom stereocenters. The molecule has 21 heavy (non-hydrogen) atoms. The highest BCUT2D eigenvalue weighted by atomic mass is 35.5. The van der Waals surface area contributed by atoms with E-state index >= 15 is 0 Å². The molecular weight excluding hydrogens is 298 g/mol. The molecule has 0 aromatic heterocycles. The van der Waals surface area contributed by atoms with Crippen LogP contribution < -0.4 is 10.5 Å². The fraction of sp³-hybridized carbons (Fsp3) is 0.462. The van der Waals surface area contributed by atoms with Gasteiger partial charge in [0.25, 0.3) is 11.6 Å². The summed E-state index contributed by atoms with van der Waals surface area (Å²) < 4.78 is 5.33. The van der Waals surface area contributed by atoms with Crippen molar-refractivity contribution in [2.24, 2.45) is 5.73 Å². The number of carbonyl (C=O) groups excluding carboxylic acids is 1. The van der Waals surface area contributed by atoms with Gasteiger partial charge in [0.1, 0.15) is 5.75 Å². The van der Waals surface area contributed by atoms with Crippen molar-refractivity contribution in [3.05, 3.63) is 34.4 Å². The Hall–Kier alpha value is -1.86. The predicted octanol–water partition coefficient (Wildman–Crippen LogP) is 1.35. The third-order valence-electron chi connectivity index (χ3n) is 3.36. The highest BCUT2D eigenvalue weighted by Crippen LogP contribution is 2.20. The summed E-state index contributed by atoms with van der Waals surface area (Å²) in [5.41, 5.74) is 5.55. The molecular formula is C13H18ClN3O4. The van der Waals surface area contributed by atoms with Crippen LogP contribution in [-0.2, 0) is 4.79 Å². The second-order valence-electron chi connectivity index (χ2n) is 4.66. The van der Waals surface area contributed by atoms with Crippen molar-refractivity contribution < 1.29 is 14.5 Å². The zero-order valence-corrected chi connectivity index (χ0v) is 12.3. The van der Waals surface area contributed by atoms with E-state index in [1.165, 1.54) is 18.2 Å². The van der Waals surface area contributed by atoms with Gasteiger partial charge in [-0.1, -0.05) is 6.07 Å². The monoisotopic (exact) mass is 315 g/mol. The lowest BCUT2D eigenvalue weighted by Gasteiger charge is -2.23. The molecule has 0 aliphatic carbocycles. The number of nitro benzene ring substituents is 1. The predicted molar refractivity (Wildman–Crippen MR) is 79.6 cm³/mol. The van der Waals surface area contributed by atoms with Gasteiger partial charge in [-0.3, -0.25) is 14.9 Å². The molecule has 1 heterocycles. The Kier molecular flexibility index (Phi) is 6.39. The van der Waals surface area contributed by atoms with Crippen LogP contribution in [-0.4, -0.2) is 41.5 Å². The summed E-state index contributed by atoms with van der Waals surface area (Å²) in [6.45, 7) is 1.01. The first kappa shape index (κ1) is 17.2. The molecule has 1 amide bonds. The van der Waals surface area contributed by atoms with Crippen LogP contribution in [0.5, 0.6) is 5.75 Å². The second-order valence-corrected chi connectivity index (χ2v) is 4.66. The summed E-state index contributed by atoms with van der Waals surface area (Å²) in [7, 11) is 0. The molecule has 1 fully saturated rings. The van der Waals surface area contributed by atoms with Crippen LogP contribution in [0.2, 0.25) is 0 Å². The van der Waals surface area contributed by atoms with Gasteiger partial charge in [0, 0.05) is 25.2 Å². The molecule has 1 unspecified atom stereocenters. The molecule has 1 aromatic carbocycles. The van der Waals surface area contributed by atoms with Crippen molar-refractivity contribution in [1.29, 1.82) is 0 Å². The van der Waals surface area contributed by atoms with Gasteiger partial charge in [-0.25, -0.2) is 0 Å². The molecule has 7 nitrogen and oxygen atoms in total. The lowest BCUT2D eigenvalue weighted by atomic mass is 10.2. The normalized spacial score (nSPS) is 17.2. The van der Waals surface area contributed by atoms with E-state index in [4.69, 9.17) is 10.5 Å². The van der Waals surface area contributed by atoms with E-state index < -0.39 is 4.92 Å². The average molecular weight is 316 g/mol. The smallest absolute Gasteiger partial charge is 0.273 e. The maximum atomic E-state index is 12.0. The molecule has 1 aliphatic heterocycles. The maximum Gasteiger partial charge on any atom is 0.273 e. The molecule has 0 bridgehead atoms. The molecule has 1 aliphatic rings.